The Kier molecular flexibility index (Phi) is 4.65. The fourth-order valence-corrected chi connectivity index (χ4v) is 3.66. The summed E-state index contributed by atoms with van der Waals surface area (Å²) in [6, 6.07) is 18.7. The van der Waals surface area contributed by atoms with E-state index in [1.807, 2.05) is 55.5 Å². The quantitative estimate of drug-likeness (QED) is 0.700. The lowest BCUT2D eigenvalue weighted by Crippen LogP contribution is -2.44. The van der Waals surface area contributed by atoms with Gasteiger partial charge in [0.1, 0.15) is 0 Å². The minimum atomic E-state index is -0.317. The van der Waals surface area contributed by atoms with Crippen LogP contribution in [0.5, 0.6) is 0 Å². The van der Waals surface area contributed by atoms with Crippen molar-refractivity contribution in [2.75, 3.05) is 13.1 Å². The molecule has 0 saturated heterocycles. The van der Waals surface area contributed by atoms with Gasteiger partial charge in [0.2, 0.25) is 5.91 Å². The highest BCUT2D eigenvalue weighted by atomic mass is 16.2. The molecule has 0 saturated carbocycles. The van der Waals surface area contributed by atoms with Crippen LogP contribution in [0.2, 0.25) is 0 Å². The lowest BCUT2D eigenvalue weighted by atomic mass is 9.94. The zero-order valence-corrected chi connectivity index (χ0v) is 15.6. The van der Waals surface area contributed by atoms with Crippen molar-refractivity contribution in [3.05, 3.63) is 82.9 Å². The molecule has 0 bridgehead atoms. The number of carbonyl (C=O) groups excluding carboxylic acids is 3. The zero-order valence-electron chi connectivity index (χ0n) is 15.6. The van der Waals surface area contributed by atoms with Gasteiger partial charge < -0.3 is 5.32 Å². The number of carbonyl (C=O) groups is 3. The second kappa shape index (κ2) is 7.27. The number of amides is 3. The van der Waals surface area contributed by atoms with E-state index in [1.165, 1.54) is 4.90 Å². The summed E-state index contributed by atoms with van der Waals surface area (Å²) >= 11 is 0. The number of aryl methyl sites for hydroxylation is 1. The molecule has 0 unspecified atom stereocenters. The van der Waals surface area contributed by atoms with Crippen LogP contribution in [0.3, 0.4) is 0 Å². The average molecular weight is 372 g/mol. The number of hydrogen-bond donors (Lipinski definition) is 1. The highest BCUT2D eigenvalue weighted by Crippen LogP contribution is 2.29. The van der Waals surface area contributed by atoms with Crippen LogP contribution in [0.1, 0.15) is 31.8 Å². The first-order valence-electron chi connectivity index (χ1n) is 9.25. The van der Waals surface area contributed by atoms with Gasteiger partial charge in [0, 0.05) is 29.6 Å². The zero-order chi connectivity index (χ0) is 19.7. The molecule has 0 radical (unpaired) electrons. The maximum Gasteiger partial charge on any atom is 0.261 e. The van der Waals surface area contributed by atoms with E-state index in [0.717, 1.165) is 16.5 Å². The molecule has 4 rings (SSSR count). The molecule has 0 aromatic heterocycles. The van der Waals surface area contributed by atoms with E-state index in [-0.39, 0.29) is 37.2 Å². The standard InChI is InChI=1S/C23H20N2O3/c1-15-5-2-6-16(13-15)14-20(26)24-11-12-25-22(27)18-9-3-7-17-8-4-10-19(21(17)18)23(25)28/h2-10,13H,11-12,14H2,1H3,(H,24,26). The molecule has 1 aliphatic rings. The minimum absolute atomic E-state index is 0.134. The first-order valence-corrected chi connectivity index (χ1v) is 9.25. The Bertz CT molecular complexity index is 1050. The summed E-state index contributed by atoms with van der Waals surface area (Å²) < 4.78 is 0. The Morgan fingerprint density at radius 3 is 2.21 bits per heavy atom. The van der Waals surface area contributed by atoms with Gasteiger partial charge in [-0.3, -0.25) is 19.3 Å². The monoisotopic (exact) mass is 372 g/mol. The van der Waals surface area contributed by atoms with Crippen LogP contribution in [0.4, 0.5) is 0 Å². The normalized spacial score (nSPS) is 13.1. The molecule has 5 nitrogen and oxygen atoms in total. The van der Waals surface area contributed by atoms with E-state index in [2.05, 4.69) is 5.32 Å². The molecule has 140 valence electrons. The highest BCUT2D eigenvalue weighted by Gasteiger charge is 2.32. The van der Waals surface area contributed by atoms with E-state index >= 15 is 0 Å². The lowest BCUT2D eigenvalue weighted by molar-refractivity contribution is -0.120. The molecule has 0 spiro atoms. The largest absolute Gasteiger partial charge is 0.354 e. The van der Waals surface area contributed by atoms with Crippen molar-refractivity contribution >= 4 is 28.5 Å². The molecule has 1 N–H and O–H groups in total. The average Bonchev–Trinajstić information content (AvgIpc) is 2.68. The number of imide groups is 1. The molecule has 1 heterocycles. The summed E-state index contributed by atoms with van der Waals surface area (Å²) in [6.07, 6.45) is 0.270. The third-order valence-electron chi connectivity index (χ3n) is 4.96. The number of nitrogens with zero attached hydrogens (tertiary/aromatic N) is 1. The number of benzene rings is 3. The van der Waals surface area contributed by atoms with Gasteiger partial charge in [-0.25, -0.2) is 0 Å². The maximum absolute atomic E-state index is 12.8. The van der Waals surface area contributed by atoms with Gasteiger partial charge in [-0.1, -0.05) is 54.1 Å². The van der Waals surface area contributed by atoms with Gasteiger partial charge in [-0.05, 0) is 30.0 Å². The Morgan fingerprint density at radius 2 is 1.57 bits per heavy atom. The maximum atomic E-state index is 12.8. The summed E-state index contributed by atoms with van der Waals surface area (Å²) in [5.74, 6) is -0.769. The Labute approximate surface area is 163 Å². The summed E-state index contributed by atoms with van der Waals surface area (Å²) in [7, 11) is 0. The fourth-order valence-electron chi connectivity index (χ4n) is 3.66. The first kappa shape index (κ1) is 17.9. The second-order valence-corrected chi connectivity index (χ2v) is 6.99. The second-order valence-electron chi connectivity index (χ2n) is 6.99. The Morgan fingerprint density at radius 1 is 0.929 bits per heavy atom. The van der Waals surface area contributed by atoms with Crippen molar-refractivity contribution in [2.45, 2.75) is 13.3 Å². The van der Waals surface area contributed by atoms with Crippen molar-refractivity contribution in [3.63, 3.8) is 0 Å². The van der Waals surface area contributed by atoms with Crippen LogP contribution in [0.15, 0.2) is 60.7 Å². The van der Waals surface area contributed by atoms with E-state index in [4.69, 9.17) is 0 Å². The van der Waals surface area contributed by atoms with E-state index in [1.54, 1.807) is 12.1 Å². The first-order chi connectivity index (χ1) is 13.5. The van der Waals surface area contributed by atoms with Crippen molar-refractivity contribution in [3.8, 4) is 0 Å². The van der Waals surface area contributed by atoms with E-state index < -0.39 is 0 Å². The van der Waals surface area contributed by atoms with Gasteiger partial charge in [0.25, 0.3) is 11.8 Å². The van der Waals surface area contributed by atoms with Crippen LogP contribution in [-0.4, -0.2) is 35.7 Å². The van der Waals surface area contributed by atoms with Crippen LogP contribution in [0, 0.1) is 6.92 Å². The van der Waals surface area contributed by atoms with Crippen LogP contribution >= 0.6 is 0 Å². The molecule has 3 aromatic rings. The minimum Gasteiger partial charge on any atom is -0.354 e. The smallest absolute Gasteiger partial charge is 0.261 e. The van der Waals surface area contributed by atoms with Crippen LogP contribution in [0.25, 0.3) is 10.8 Å². The number of nitrogens with one attached hydrogen (secondary N) is 1. The molecule has 3 aromatic carbocycles. The number of rotatable bonds is 5. The fraction of sp³-hybridized carbons (Fsp3) is 0.174. The van der Waals surface area contributed by atoms with Crippen molar-refractivity contribution < 1.29 is 14.4 Å². The molecular formula is C23H20N2O3. The predicted molar refractivity (Wildman–Crippen MR) is 107 cm³/mol. The Balaban J connectivity index is 1.44. The molecule has 28 heavy (non-hydrogen) atoms. The molecule has 0 atom stereocenters. The summed E-state index contributed by atoms with van der Waals surface area (Å²) in [5, 5.41) is 4.39. The molecule has 0 aliphatic carbocycles. The molecular weight excluding hydrogens is 352 g/mol. The highest BCUT2D eigenvalue weighted by molar-refractivity contribution is 6.25. The third-order valence-corrected chi connectivity index (χ3v) is 4.96. The molecule has 0 fully saturated rings. The molecule has 3 amide bonds. The van der Waals surface area contributed by atoms with Gasteiger partial charge in [0.05, 0.1) is 6.42 Å². The van der Waals surface area contributed by atoms with Gasteiger partial charge in [-0.15, -0.1) is 0 Å². The van der Waals surface area contributed by atoms with Gasteiger partial charge in [0.15, 0.2) is 0 Å². The summed E-state index contributed by atoms with van der Waals surface area (Å²) in [5.41, 5.74) is 3.09. The van der Waals surface area contributed by atoms with Crippen LogP contribution < -0.4 is 5.32 Å². The van der Waals surface area contributed by atoms with Gasteiger partial charge >= 0.3 is 0 Å². The summed E-state index contributed by atoms with van der Waals surface area (Å²) in [4.78, 5) is 39.0. The SMILES string of the molecule is Cc1cccc(CC(=O)NCCN2C(=O)c3cccc4cccc(c34)C2=O)c1. The van der Waals surface area contributed by atoms with E-state index in [9.17, 15) is 14.4 Å². The van der Waals surface area contributed by atoms with Crippen molar-refractivity contribution in [1.82, 2.24) is 10.2 Å². The summed E-state index contributed by atoms with van der Waals surface area (Å²) in [6.45, 7) is 2.34. The Hall–Kier alpha value is -3.47. The lowest BCUT2D eigenvalue weighted by Gasteiger charge is -2.27. The predicted octanol–water partition coefficient (Wildman–Crippen LogP) is 3.10. The van der Waals surface area contributed by atoms with Crippen molar-refractivity contribution in [1.29, 1.82) is 0 Å². The molecule has 5 heteroatoms. The topological polar surface area (TPSA) is 66.5 Å². The van der Waals surface area contributed by atoms with Gasteiger partial charge in [-0.2, -0.15) is 0 Å². The number of hydrogen-bond acceptors (Lipinski definition) is 3. The van der Waals surface area contributed by atoms with Crippen LogP contribution in [-0.2, 0) is 11.2 Å². The van der Waals surface area contributed by atoms with E-state index in [0.29, 0.717) is 16.5 Å². The molecule has 1 aliphatic heterocycles. The third kappa shape index (κ3) is 3.27. The van der Waals surface area contributed by atoms with Crippen molar-refractivity contribution in [2.24, 2.45) is 0 Å².